The average Bonchev–Trinajstić information content (AvgIpc) is 0.668. The summed E-state index contributed by atoms with van der Waals surface area (Å²) in [6.07, 6.45) is -72.9. The van der Waals surface area contributed by atoms with Gasteiger partial charge in [-0.15, -0.1) is 0 Å². The van der Waals surface area contributed by atoms with Gasteiger partial charge in [-0.2, -0.15) is 0 Å². The molecule has 12 fully saturated rings. The molecule has 42 nitrogen and oxygen atoms in total. The number of ether oxygens (including phenoxy) is 16. The molecule has 0 aromatic heterocycles. The van der Waals surface area contributed by atoms with Crippen LogP contribution >= 0.6 is 0 Å². The summed E-state index contributed by atoms with van der Waals surface area (Å²) in [4.78, 5) is 44.0. The average molecular weight is 1720 g/mol. The van der Waals surface area contributed by atoms with Gasteiger partial charge in [-0.25, -0.2) is 4.79 Å². The van der Waals surface area contributed by atoms with E-state index in [1.54, 1.807) is 6.92 Å². The largest absolute Gasteiger partial charge is 0.479 e. The third-order valence-corrected chi connectivity index (χ3v) is 29.3. The molecule has 0 aromatic rings. The van der Waals surface area contributed by atoms with Crippen LogP contribution in [0.3, 0.4) is 0 Å². The van der Waals surface area contributed by atoms with Gasteiger partial charge in [0.1, 0.15) is 170 Å². The van der Waals surface area contributed by atoms with Crippen LogP contribution in [0.2, 0.25) is 0 Å². The Bertz CT molecular complexity index is 3510. The first-order valence-corrected chi connectivity index (χ1v) is 41.0. The van der Waals surface area contributed by atoms with Crippen molar-refractivity contribution in [3.63, 3.8) is 0 Å². The zero-order valence-electron chi connectivity index (χ0n) is 67.3. The fraction of sp³-hybridized carbons (Fsp3) is 0.935. The highest BCUT2D eigenvalue weighted by molar-refractivity contribution is 5.80. The van der Waals surface area contributed by atoms with Crippen LogP contribution in [0.25, 0.3) is 0 Å². The maximum absolute atomic E-state index is 16.4. The van der Waals surface area contributed by atoms with Crippen LogP contribution in [0, 0.1) is 50.2 Å². The minimum atomic E-state index is -2.28. The summed E-state index contributed by atoms with van der Waals surface area (Å²) in [7, 11) is 0. The second kappa shape index (κ2) is 35.5. The Morgan fingerprint density at radius 3 is 1.42 bits per heavy atom. The molecule has 49 atom stereocenters. The summed E-state index contributed by atoms with van der Waals surface area (Å²) in [6, 6.07) is 0. The van der Waals surface area contributed by atoms with E-state index < -0.39 is 334 Å². The minimum Gasteiger partial charge on any atom is -0.479 e. The van der Waals surface area contributed by atoms with Gasteiger partial charge >= 0.3 is 11.9 Å². The van der Waals surface area contributed by atoms with E-state index >= 15 is 4.79 Å². The van der Waals surface area contributed by atoms with Gasteiger partial charge in [-0.05, 0) is 118 Å². The molecule has 13 aliphatic rings. The molecule has 682 valence electrons. The standard InChI is InChI=1S/C77H122O42/c1-25-38(84)44(90)49(95)64(105-25)114-57-53(99)59(62(101)102)116-70(61(57)117-67-52(98)47(93)43(89)33(22-80)110-67)111-37-13-14-73(6)34(74(37,7)24-81)12-15-75(8)35(73)11-10-28-29-18-72(4,5)16-17-77(29,36(83)19-76(28,75)9)71(103)119-69-60(56(39(85)26(2)106-69)113-65-50(96)45(91)41(87)31(20-78)108-65)118-68-54(100)58(115-66-51(97)46(92)42(88)32(21-79)109-66)55(27(3)107-68)112-63-48(94)40(86)30(82)23-104-63/h10,24-27,29-61,63-70,78-80,82-100H,11-23H2,1-9H3,(H,101,102)/t25-,26+,27-,29-,30+,31+,32+,33+,34+,35+,36+,37-,38-,39-,40-,41+,42+,43-,44+,45-,46-,47-,48+,49+,50+,51+,52+,53-,54+,55-,56-,57-,58-,59-,60+,61+,63-,64-,65-,66-,67-,68-,69-,70+,73-,74-,75+,76+,77+/m0/s1. The highest BCUT2D eigenvalue weighted by Crippen LogP contribution is 2.76. The Labute approximate surface area is 683 Å². The Morgan fingerprint density at radius 2 is 0.891 bits per heavy atom. The van der Waals surface area contributed by atoms with Crippen molar-refractivity contribution in [3.05, 3.63) is 11.6 Å². The Morgan fingerprint density at radius 1 is 0.437 bits per heavy atom. The summed E-state index contributed by atoms with van der Waals surface area (Å²) in [5, 5.41) is 256. The number of allylic oxidation sites excluding steroid dienone is 2. The van der Waals surface area contributed by atoms with Gasteiger partial charge in [0.15, 0.2) is 56.2 Å². The first-order chi connectivity index (χ1) is 55.8. The maximum atomic E-state index is 16.4. The van der Waals surface area contributed by atoms with Crippen molar-refractivity contribution in [2.24, 2.45) is 50.2 Å². The predicted octanol–water partition coefficient (Wildman–Crippen LogP) is -8.77. The van der Waals surface area contributed by atoms with Crippen molar-refractivity contribution in [2.75, 3.05) is 26.4 Å². The summed E-state index contributed by atoms with van der Waals surface area (Å²) >= 11 is 0. The van der Waals surface area contributed by atoms with Gasteiger partial charge in [0, 0.05) is 0 Å². The number of carbonyl (C=O) groups excluding carboxylic acids is 2. The number of aldehydes is 1. The van der Waals surface area contributed by atoms with E-state index in [4.69, 9.17) is 75.8 Å². The molecule has 23 N–H and O–H groups in total. The van der Waals surface area contributed by atoms with Crippen molar-refractivity contribution in [1.82, 2.24) is 0 Å². The summed E-state index contributed by atoms with van der Waals surface area (Å²) in [6.45, 7) is 12.6. The van der Waals surface area contributed by atoms with Crippen LogP contribution in [-0.2, 0) is 90.2 Å². The molecule has 5 aliphatic carbocycles. The number of rotatable bonds is 21. The first-order valence-electron chi connectivity index (χ1n) is 41.0. The molecule has 0 unspecified atom stereocenters. The minimum absolute atomic E-state index is 0.00498. The van der Waals surface area contributed by atoms with E-state index in [9.17, 15) is 127 Å². The van der Waals surface area contributed by atoms with Gasteiger partial charge in [-0.1, -0.05) is 53.2 Å². The Balaban J connectivity index is 0.813. The number of aliphatic carboxylic acids is 1. The molecule has 119 heavy (non-hydrogen) atoms. The van der Waals surface area contributed by atoms with Crippen LogP contribution in [-0.4, -0.2) is 414 Å². The van der Waals surface area contributed by atoms with Crippen LogP contribution in [0.15, 0.2) is 11.6 Å². The van der Waals surface area contributed by atoms with E-state index in [2.05, 4.69) is 19.9 Å². The predicted molar refractivity (Wildman–Crippen MR) is 385 cm³/mol. The number of hydrogen-bond acceptors (Lipinski definition) is 41. The molecule has 0 amide bonds. The van der Waals surface area contributed by atoms with E-state index in [0.29, 0.717) is 32.1 Å². The third kappa shape index (κ3) is 16.3. The number of aliphatic hydroxyl groups excluding tert-OH is 22. The van der Waals surface area contributed by atoms with Gasteiger partial charge < -0.3 is 198 Å². The van der Waals surface area contributed by atoms with Crippen molar-refractivity contribution in [1.29, 1.82) is 0 Å². The van der Waals surface area contributed by atoms with Crippen LogP contribution in [0.4, 0.5) is 0 Å². The van der Waals surface area contributed by atoms with Crippen molar-refractivity contribution in [2.45, 2.75) is 372 Å². The van der Waals surface area contributed by atoms with Crippen molar-refractivity contribution in [3.8, 4) is 0 Å². The number of carbonyl (C=O) groups is 3. The quantitative estimate of drug-likeness (QED) is 0.0220. The number of esters is 1. The van der Waals surface area contributed by atoms with Crippen LogP contribution in [0.1, 0.15) is 120 Å². The van der Waals surface area contributed by atoms with Crippen molar-refractivity contribution >= 4 is 18.2 Å². The molecule has 42 heteroatoms. The Hall–Kier alpha value is -3.13. The summed E-state index contributed by atoms with van der Waals surface area (Å²) in [5.74, 6) is -4.53. The lowest BCUT2D eigenvalue weighted by Crippen LogP contribution is -2.70. The molecule has 0 bridgehead atoms. The van der Waals surface area contributed by atoms with E-state index in [-0.39, 0.29) is 31.6 Å². The SMILES string of the molecule is C[C@@H]1O[C@@H](O[C@H]2[C@H](O)[C@@H](C(=O)O)O[C@@H](O[C@H]3CC[C@]4(C)[C@H]5CC=C6[C@@H]7CC(C)(C)CC[C@]7(C(=O)O[C@@H]7O[C@H](C)[C@H](O)[C@H](O[C@@H]8O[C@H](CO)[C@@H](O)[C@H](O)[C@H]8O)[C@H]7O[C@@H]7O[C@@H](C)[C@H](O[C@@H]8OC[C@@H](O)[C@H](O)[C@H]8O)[C@@H](O[C@@H]8O[C@H](CO)[C@@H](O)[C@H](O)[C@H]8O)[C@H]7O)[C@H](O)C[C@@]6(C)[C@]5(C)CC[C@H]4[C@]3(C)C=O)[C@@H]2O[C@@H]2O[C@H](CO)[C@H](O)[C@H](O)[C@H]2O)[C@H](O)[C@H](O)[C@H]1O. The number of hydrogen-bond donors (Lipinski definition) is 23. The molecule has 0 aromatic carbocycles. The fourth-order valence-corrected chi connectivity index (χ4v) is 21.9. The highest BCUT2D eigenvalue weighted by Gasteiger charge is 2.74. The monoisotopic (exact) mass is 1720 g/mol. The topological polar surface area (TPSA) is 664 Å². The number of carboxylic acid groups (broad SMARTS) is 1. The summed E-state index contributed by atoms with van der Waals surface area (Å²) in [5.41, 5.74) is -5.60. The lowest BCUT2D eigenvalue weighted by molar-refractivity contribution is -0.404. The maximum Gasteiger partial charge on any atom is 0.335 e. The molecule has 8 heterocycles. The molecule has 8 aliphatic heterocycles. The molecule has 0 radical (unpaired) electrons. The van der Waals surface area contributed by atoms with Crippen LogP contribution in [0.5, 0.6) is 0 Å². The van der Waals surface area contributed by atoms with E-state index in [1.165, 1.54) is 20.8 Å². The van der Waals surface area contributed by atoms with Crippen LogP contribution < -0.4 is 0 Å². The third-order valence-electron chi connectivity index (χ3n) is 29.3. The second-order valence-electron chi connectivity index (χ2n) is 36.8. The first kappa shape index (κ1) is 93.5. The highest BCUT2D eigenvalue weighted by atomic mass is 16.8. The molecular formula is C77H122O42. The fourth-order valence-electron chi connectivity index (χ4n) is 21.9. The smallest absolute Gasteiger partial charge is 0.335 e. The number of aliphatic hydroxyl groups is 22. The lowest BCUT2D eigenvalue weighted by atomic mass is 9.33. The van der Waals surface area contributed by atoms with Gasteiger partial charge in [0.25, 0.3) is 0 Å². The number of fused-ring (bicyclic) bond motifs is 7. The zero-order chi connectivity index (χ0) is 87.1. The molecular weight excluding hydrogens is 1600 g/mol. The zero-order valence-corrected chi connectivity index (χ0v) is 67.3. The molecule has 4 saturated carbocycles. The lowest BCUT2D eigenvalue weighted by Gasteiger charge is -2.71. The van der Waals surface area contributed by atoms with E-state index in [0.717, 1.165) is 11.9 Å². The van der Waals surface area contributed by atoms with Gasteiger partial charge in [-0.3, -0.25) is 4.79 Å². The number of carboxylic acids is 1. The van der Waals surface area contributed by atoms with Gasteiger partial charge in [0.05, 0.1) is 62.4 Å². The molecule has 8 saturated heterocycles. The van der Waals surface area contributed by atoms with E-state index in [1.807, 2.05) is 20.8 Å². The Kier molecular flexibility index (Phi) is 27.9. The molecule has 0 spiro atoms. The normalized spacial score (nSPS) is 55.2. The molecule has 13 rings (SSSR count). The van der Waals surface area contributed by atoms with Crippen molar-refractivity contribution < 1.29 is 208 Å². The summed E-state index contributed by atoms with van der Waals surface area (Å²) < 4.78 is 98.3. The van der Waals surface area contributed by atoms with Gasteiger partial charge in [0.2, 0.25) is 6.29 Å². The second-order valence-corrected chi connectivity index (χ2v) is 36.8.